The molecule has 41 heavy (non-hydrogen) atoms. The monoisotopic (exact) mass is 546 g/mol. The van der Waals surface area contributed by atoms with Crippen LogP contribution in [0.4, 0.5) is 0 Å². The Balaban J connectivity index is 1.51. The maximum Gasteiger partial charge on any atom is 0.253 e. The second-order valence-corrected chi connectivity index (χ2v) is 10.1. The summed E-state index contributed by atoms with van der Waals surface area (Å²) in [5.41, 5.74) is 4.33. The number of nitrogens with zero attached hydrogens (tertiary/aromatic N) is 5. The second-order valence-electron chi connectivity index (χ2n) is 10.1. The van der Waals surface area contributed by atoms with Crippen LogP contribution in [0.1, 0.15) is 39.9 Å². The van der Waals surface area contributed by atoms with Crippen LogP contribution in [0.2, 0.25) is 0 Å². The first-order chi connectivity index (χ1) is 20.1. The van der Waals surface area contributed by atoms with E-state index in [0.29, 0.717) is 31.0 Å². The minimum atomic E-state index is -0.588. The molecule has 9 heteroatoms. The molecule has 0 aliphatic carbocycles. The number of ether oxygens (including phenoxy) is 1. The molecule has 0 aliphatic rings. The number of benzene rings is 3. The van der Waals surface area contributed by atoms with Gasteiger partial charge in [0.15, 0.2) is 5.82 Å². The fourth-order valence-corrected chi connectivity index (χ4v) is 5.13. The van der Waals surface area contributed by atoms with Crippen LogP contribution in [-0.2, 0) is 19.6 Å². The highest BCUT2D eigenvalue weighted by atomic mass is 16.5. The van der Waals surface area contributed by atoms with Crippen LogP contribution in [0.25, 0.3) is 10.9 Å². The van der Waals surface area contributed by atoms with Crippen molar-refractivity contribution in [1.82, 2.24) is 30.1 Å². The number of fused-ring (bicyclic) bond motifs is 1. The van der Waals surface area contributed by atoms with Gasteiger partial charge in [-0.25, -0.2) is 4.68 Å². The number of aromatic nitrogens is 5. The van der Waals surface area contributed by atoms with Crippen molar-refractivity contribution in [3.8, 4) is 5.75 Å². The Bertz CT molecular complexity index is 1790. The van der Waals surface area contributed by atoms with E-state index >= 15 is 0 Å². The van der Waals surface area contributed by atoms with Gasteiger partial charge in [0.25, 0.3) is 5.56 Å². The average molecular weight is 547 g/mol. The summed E-state index contributed by atoms with van der Waals surface area (Å²) in [7, 11) is 1.65. The Hall–Kier alpha value is -5.02. The van der Waals surface area contributed by atoms with E-state index in [9.17, 15) is 4.79 Å². The van der Waals surface area contributed by atoms with Gasteiger partial charge in [0, 0.05) is 17.6 Å². The fraction of sp³-hybridized carbons (Fsp3) is 0.188. The number of furan rings is 1. The number of methoxy groups -OCH3 is 1. The molecule has 3 aromatic heterocycles. The Morgan fingerprint density at radius 3 is 2.54 bits per heavy atom. The first-order valence-electron chi connectivity index (χ1n) is 13.4. The molecule has 0 bridgehead atoms. The van der Waals surface area contributed by atoms with Crippen LogP contribution in [0.5, 0.6) is 5.75 Å². The molecule has 0 saturated carbocycles. The highest BCUT2D eigenvalue weighted by Gasteiger charge is 2.31. The van der Waals surface area contributed by atoms with Crippen molar-refractivity contribution in [2.24, 2.45) is 0 Å². The Morgan fingerprint density at radius 1 is 0.951 bits per heavy atom. The first-order valence-corrected chi connectivity index (χ1v) is 13.4. The molecule has 9 nitrogen and oxygen atoms in total. The maximum atomic E-state index is 13.8. The van der Waals surface area contributed by atoms with Gasteiger partial charge in [-0.3, -0.25) is 9.69 Å². The number of rotatable bonds is 10. The van der Waals surface area contributed by atoms with E-state index in [1.54, 1.807) is 18.1 Å². The van der Waals surface area contributed by atoms with E-state index < -0.39 is 6.04 Å². The number of aryl methyl sites for hydroxylation is 1. The fourth-order valence-electron chi connectivity index (χ4n) is 5.13. The van der Waals surface area contributed by atoms with E-state index in [-0.39, 0.29) is 5.56 Å². The van der Waals surface area contributed by atoms with E-state index in [1.165, 1.54) is 0 Å². The van der Waals surface area contributed by atoms with Gasteiger partial charge in [0.1, 0.15) is 17.6 Å². The number of tetrazole rings is 1. The maximum absolute atomic E-state index is 13.8. The normalized spacial score (nSPS) is 12.2. The van der Waals surface area contributed by atoms with Gasteiger partial charge in [0.05, 0.1) is 26.5 Å². The number of hydrogen-bond acceptors (Lipinski definition) is 7. The van der Waals surface area contributed by atoms with Crippen molar-refractivity contribution >= 4 is 10.9 Å². The van der Waals surface area contributed by atoms with Gasteiger partial charge in [-0.1, -0.05) is 54.1 Å². The van der Waals surface area contributed by atoms with Crippen LogP contribution in [0.3, 0.4) is 0 Å². The molecule has 6 rings (SSSR count). The molecule has 0 saturated heterocycles. The van der Waals surface area contributed by atoms with E-state index in [4.69, 9.17) is 9.15 Å². The predicted octanol–water partition coefficient (Wildman–Crippen LogP) is 5.26. The van der Waals surface area contributed by atoms with E-state index in [1.807, 2.05) is 91.9 Å². The number of hydrogen-bond donors (Lipinski definition) is 1. The SMILES string of the molecule is COc1ccc(CN(Cc2ccco2)[C@@H](c2cc3cc(C)ccc3[nH]c2=O)c2nnnn2Cc2ccccc2)cc1. The van der Waals surface area contributed by atoms with Gasteiger partial charge >= 0.3 is 0 Å². The topological polar surface area (TPSA) is 102 Å². The molecule has 3 aromatic carbocycles. The Kier molecular flexibility index (Phi) is 7.42. The van der Waals surface area contributed by atoms with Gasteiger partial charge in [-0.05, 0) is 76.3 Å². The lowest BCUT2D eigenvalue weighted by atomic mass is 10.0. The summed E-state index contributed by atoms with van der Waals surface area (Å²) in [5, 5.41) is 13.9. The van der Waals surface area contributed by atoms with Gasteiger partial charge in [-0.15, -0.1) is 5.10 Å². The second kappa shape index (κ2) is 11.6. The summed E-state index contributed by atoms with van der Waals surface area (Å²) >= 11 is 0. The summed E-state index contributed by atoms with van der Waals surface area (Å²) in [6, 6.07) is 29.1. The molecule has 0 spiro atoms. The van der Waals surface area contributed by atoms with Crippen molar-refractivity contribution in [3.05, 3.63) is 141 Å². The number of pyridine rings is 1. The molecular formula is C32H30N6O3. The Labute approximate surface area is 237 Å². The third-order valence-electron chi connectivity index (χ3n) is 7.15. The van der Waals surface area contributed by atoms with Gasteiger partial charge < -0.3 is 14.1 Å². The Morgan fingerprint density at radius 2 is 1.78 bits per heavy atom. The quantitative estimate of drug-likeness (QED) is 0.250. The molecule has 0 unspecified atom stereocenters. The van der Waals surface area contributed by atoms with Crippen molar-refractivity contribution < 1.29 is 9.15 Å². The van der Waals surface area contributed by atoms with Crippen LogP contribution < -0.4 is 10.3 Å². The van der Waals surface area contributed by atoms with Gasteiger partial charge in [-0.2, -0.15) is 0 Å². The molecule has 1 atom stereocenters. The van der Waals surface area contributed by atoms with Crippen LogP contribution in [0.15, 0.2) is 106 Å². The third-order valence-corrected chi connectivity index (χ3v) is 7.15. The molecular weight excluding hydrogens is 516 g/mol. The molecule has 0 amide bonds. The van der Waals surface area contributed by atoms with Crippen molar-refractivity contribution in [2.75, 3.05) is 7.11 Å². The lowest BCUT2D eigenvalue weighted by molar-refractivity contribution is 0.179. The predicted molar refractivity (Wildman–Crippen MR) is 155 cm³/mol. The molecule has 0 aliphatic heterocycles. The zero-order valence-electron chi connectivity index (χ0n) is 22.9. The van der Waals surface area contributed by atoms with E-state index in [0.717, 1.165) is 39.1 Å². The zero-order valence-corrected chi connectivity index (χ0v) is 22.9. The first kappa shape index (κ1) is 26.2. The van der Waals surface area contributed by atoms with Crippen molar-refractivity contribution in [3.63, 3.8) is 0 Å². The van der Waals surface area contributed by atoms with Crippen LogP contribution >= 0.6 is 0 Å². The summed E-state index contributed by atoms with van der Waals surface area (Å²) in [6.45, 7) is 3.42. The number of aromatic amines is 1. The highest BCUT2D eigenvalue weighted by Crippen LogP contribution is 2.31. The largest absolute Gasteiger partial charge is 0.497 e. The lowest BCUT2D eigenvalue weighted by Crippen LogP contribution is -2.34. The van der Waals surface area contributed by atoms with Crippen molar-refractivity contribution in [1.29, 1.82) is 0 Å². The van der Waals surface area contributed by atoms with Crippen LogP contribution in [0, 0.1) is 6.92 Å². The highest BCUT2D eigenvalue weighted by molar-refractivity contribution is 5.79. The lowest BCUT2D eigenvalue weighted by Gasteiger charge is -2.30. The molecule has 6 aromatic rings. The smallest absolute Gasteiger partial charge is 0.253 e. The summed E-state index contributed by atoms with van der Waals surface area (Å²) < 4.78 is 12.9. The molecule has 0 radical (unpaired) electrons. The number of nitrogens with one attached hydrogen (secondary N) is 1. The molecule has 206 valence electrons. The zero-order chi connectivity index (χ0) is 28.2. The molecule has 0 fully saturated rings. The minimum Gasteiger partial charge on any atom is -0.497 e. The summed E-state index contributed by atoms with van der Waals surface area (Å²) in [5.74, 6) is 2.10. The summed E-state index contributed by atoms with van der Waals surface area (Å²) in [4.78, 5) is 19.0. The minimum absolute atomic E-state index is 0.195. The van der Waals surface area contributed by atoms with Crippen molar-refractivity contribution in [2.45, 2.75) is 32.6 Å². The summed E-state index contributed by atoms with van der Waals surface area (Å²) in [6.07, 6.45) is 1.65. The van der Waals surface area contributed by atoms with E-state index in [2.05, 4.69) is 31.5 Å². The average Bonchev–Trinajstić information content (AvgIpc) is 3.67. The number of H-pyrrole nitrogens is 1. The standard InChI is InChI=1S/C32H30N6O3/c1-22-10-15-29-25(17-22)18-28(32(39)33-29)30(31-34-35-36-38(31)20-23-7-4-3-5-8-23)37(21-27-9-6-16-41-27)19-24-11-13-26(40-2)14-12-24/h3-18,30H,19-21H2,1-2H3,(H,33,39)/t30-/m0/s1. The van der Waals surface area contributed by atoms with Crippen LogP contribution in [-0.4, -0.2) is 37.2 Å². The third kappa shape index (κ3) is 5.80. The molecule has 3 heterocycles. The van der Waals surface area contributed by atoms with Gasteiger partial charge in [0.2, 0.25) is 0 Å². The molecule has 1 N–H and O–H groups in total.